The molecule has 2 atom stereocenters. The molecule has 0 fully saturated rings. The van der Waals surface area contributed by atoms with Gasteiger partial charge in [-0.15, -0.1) is 0 Å². The van der Waals surface area contributed by atoms with Crippen LogP contribution in [0.1, 0.15) is 44.7 Å². The van der Waals surface area contributed by atoms with E-state index < -0.39 is 0 Å². The molecule has 114 valence electrons. The number of hydrogen-bond donors (Lipinski definition) is 1. The van der Waals surface area contributed by atoms with E-state index in [1.165, 1.54) is 16.3 Å². The zero-order valence-corrected chi connectivity index (χ0v) is 13.3. The van der Waals surface area contributed by atoms with Crippen LogP contribution < -0.4 is 5.32 Å². The van der Waals surface area contributed by atoms with Crippen molar-refractivity contribution >= 4 is 10.8 Å². The lowest BCUT2D eigenvalue weighted by molar-refractivity contribution is 0.0610. The molecule has 0 amide bonds. The first-order chi connectivity index (χ1) is 10.3. The van der Waals surface area contributed by atoms with Crippen LogP contribution in [-0.2, 0) is 4.74 Å². The Bertz CT molecular complexity index is 550. The molecule has 2 rings (SSSR count). The van der Waals surface area contributed by atoms with Crippen molar-refractivity contribution in [2.75, 3.05) is 13.7 Å². The number of nitrogens with one attached hydrogen (secondary N) is 1. The van der Waals surface area contributed by atoms with Crippen LogP contribution in [0.3, 0.4) is 0 Å². The molecule has 0 radical (unpaired) electrons. The summed E-state index contributed by atoms with van der Waals surface area (Å²) < 4.78 is 5.77. The van der Waals surface area contributed by atoms with Gasteiger partial charge in [0.05, 0.1) is 12.1 Å². The Hall–Kier alpha value is -1.45. The van der Waals surface area contributed by atoms with E-state index in [9.17, 15) is 0 Å². The first-order valence-corrected chi connectivity index (χ1v) is 7.90. The van der Waals surface area contributed by atoms with Gasteiger partial charge in [0, 0.05) is 24.9 Å². The van der Waals surface area contributed by atoms with E-state index in [1.54, 1.807) is 0 Å². The highest BCUT2D eigenvalue weighted by atomic mass is 16.5. The van der Waals surface area contributed by atoms with Crippen LogP contribution in [0.25, 0.3) is 10.8 Å². The molecule has 0 saturated carbocycles. The van der Waals surface area contributed by atoms with Crippen molar-refractivity contribution in [3.8, 4) is 0 Å². The third-order valence-corrected chi connectivity index (χ3v) is 3.91. The molecule has 1 aromatic heterocycles. The van der Waals surface area contributed by atoms with Crippen molar-refractivity contribution in [2.45, 2.75) is 45.3 Å². The highest BCUT2D eigenvalue weighted by Crippen LogP contribution is 2.28. The summed E-state index contributed by atoms with van der Waals surface area (Å²) in [4.78, 5) is 4.30. The van der Waals surface area contributed by atoms with Crippen LogP contribution in [0.5, 0.6) is 0 Å². The monoisotopic (exact) mass is 286 g/mol. The van der Waals surface area contributed by atoms with Crippen molar-refractivity contribution in [1.29, 1.82) is 0 Å². The van der Waals surface area contributed by atoms with Crippen molar-refractivity contribution in [3.05, 3.63) is 42.2 Å². The van der Waals surface area contributed by atoms with Crippen LogP contribution in [0.2, 0.25) is 0 Å². The van der Waals surface area contributed by atoms with Gasteiger partial charge in [0.25, 0.3) is 0 Å². The molecule has 3 nitrogen and oxygen atoms in total. The molecule has 2 unspecified atom stereocenters. The SMILES string of the molecule is CCCNC(c1cccc2ccncc12)C(CCC)OC. The molecule has 1 heterocycles. The average Bonchev–Trinajstić information content (AvgIpc) is 2.54. The third-order valence-electron chi connectivity index (χ3n) is 3.91. The molecule has 0 aliphatic carbocycles. The lowest BCUT2D eigenvalue weighted by Gasteiger charge is -2.28. The van der Waals surface area contributed by atoms with Crippen molar-refractivity contribution < 1.29 is 4.74 Å². The largest absolute Gasteiger partial charge is 0.379 e. The minimum absolute atomic E-state index is 0.187. The maximum absolute atomic E-state index is 5.77. The fourth-order valence-electron chi connectivity index (χ4n) is 2.85. The number of methoxy groups -OCH3 is 1. The normalized spacial score (nSPS) is 14.2. The molecule has 0 spiro atoms. The maximum Gasteiger partial charge on any atom is 0.0766 e. The smallest absolute Gasteiger partial charge is 0.0766 e. The summed E-state index contributed by atoms with van der Waals surface area (Å²) in [5.41, 5.74) is 1.29. The van der Waals surface area contributed by atoms with Crippen molar-refractivity contribution in [1.82, 2.24) is 10.3 Å². The van der Waals surface area contributed by atoms with Crippen LogP contribution in [0.15, 0.2) is 36.7 Å². The van der Waals surface area contributed by atoms with Gasteiger partial charge in [-0.2, -0.15) is 0 Å². The summed E-state index contributed by atoms with van der Waals surface area (Å²) >= 11 is 0. The van der Waals surface area contributed by atoms with Gasteiger partial charge in [-0.05, 0) is 36.4 Å². The molecule has 0 saturated heterocycles. The Morgan fingerprint density at radius 1 is 1.19 bits per heavy atom. The van der Waals surface area contributed by atoms with E-state index in [2.05, 4.69) is 48.4 Å². The molecule has 1 N–H and O–H groups in total. The highest BCUT2D eigenvalue weighted by Gasteiger charge is 2.23. The number of rotatable bonds is 8. The summed E-state index contributed by atoms with van der Waals surface area (Å²) in [5.74, 6) is 0. The fraction of sp³-hybridized carbons (Fsp3) is 0.500. The third kappa shape index (κ3) is 3.80. The van der Waals surface area contributed by atoms with Gasteiger partial charge >= 0.3 is 0 Å². The Morgan fingerprint density at radius 3 is 2.76 bits per heavy atom. The average molecular weight is 286 g/mol. The number of pyridine rings is 1. The molecule has 0 aliphatic rings. The van der Waals surface area contributed by atoms with E-state index in [0.717, 1.165) is 25.8 Å². The van der Waals surface area contributed by atoms with Crippen LogP contribution >= 0.6 is 0 Å². The molecule has 1 aromatic carbocycles. The Kier molecular flexibility index (Phi) is 6.15. The number of nitrogens with zero attached hydrogens (tertiary/aromatic N) is 1. The quantitative estimate of drug-likeness (QED) is 0.793. The number of hydrogen-bond acceptors (Lipinski definition) is 3. The van der Waals surface area contributed by atoms with Gasteiger partial charge in [-0.25, -0.2) is 0 Å². The molecular weight excluding hydrogens is 260 g/mol. The Labute approximate surface area is 127 Å². The van der Waals surface area contributed by atoms with Gasteiger partial charge in [-0.1, -0.05) is 38.5 Å². The predicted octanol–water partition coefficient (Wildman–Crippen LogP) is 4.09. The highest BCUT2D eigenvalue weighted by molar-refractivity contribution is 5.85. The second-order valence-electron chi connectivity index (χ2n) is 5.44. The van der Waals surface area contributed by atoms with Crippen molar-refractivity contribution in [3.63, 3.8) is 0 Å². The van der Waals surface area contributed by atoms with Gasteiger partial charge in [-0.3, -0.25) is 4.98 Å². The van der Waals surface area contributed by atoms with E-state index in [-0.39, 0.29) is 12.1 Å². The predicted molar refractivity (Wildman–Crippen MR) is 88.5 cm³/mol. The lowest BCUT2D eigenvalue weighted by atomic mass is 9.94. The summed E-state index contributed by atoms with van der Waals surface area (Å²) in [6, 6.07) is 8.73. The van der Waals surface area contributed by atoms with Gasteiger partial charge in [0.2, 0.25) is 0 Å². The zero-order chi connectivity index (χ0) is 15.1. The van der Waals surface area contributed by atoms with Crippen LogP contribution in [0, 0.1) is 0 Å². The number of ether oxygens (including phenoxy) is 1. The molecule has 2 aromatic rings. The molecule has 3 heteroatoms. The maximum atomic E-state index is 5.77. The van der Waals surface area contributed by atoms with E-state index in [4.69, 9.17) is 4.74 Å². The van der Waals surface area contributed by atoms with E-state index >= 15 is 0 Å². The molecule has 21 heavy (non-hydrogen) atoms. The first kappa shape index (κ1) is 15.9. The molecule has 0 bridgehead atoms. The lowest BCUT2D eigenvalue weighted by Crippen LogP contribution is -2.34. The topological polar surface area (TPSA) is 34.2 Å². The van der Waals surface area contributed by atoms with E-state index in [1.807, 2.05) is 19.5 Å². The molecule has 0 aliphatic heterocycles. The van der Waals surface area contributed by atoms with Crippen molar-refractivity contribution in [2.24, 2.45) is 0 Å². The van der Waals surface area contributed by atoms with Crippen LogP contribution in [0.4, 0.5) is 0 Å². The van der Waals surface area contributed by atoms with Gasteiger partial charge < -0.3 is 10.1 Å². The van der Waals surface area contributed by atoms with Gasteiger partial charge in [0.1, 0.15) is 0 Å². The second-order valence-corrected chi connectivity index (χ2v) is 5.44. The number of aromatic nitrogens is 1. The molecular formula is C18H26N2O. The van der Waals surface area contributed by atoms with Gasteiger partial charge in [0.15, 0.2) is 0 Å². The number of fused-ring (bicyclic) bond motifs is 1. The minimum atomic E-state index is 0.187. The first-order valence-electron chi connectivity index (χ1n) is 7.90. The summed E-state index contributed by atoms with van der Waals surface area (Å²) in [6.45, 7) is 5.38. The van der Waals surface area contributed by atoms with E-state index in [0.29, 0.717) is 0 Å². The minimum Gasteiger partial charge on any atom is -0.379 e. The Balaban J connectivity index is 2.42. The Morgan fingerprint density at radius 2 is 2.05 bits per heavy atom. The summed E-state index contributed by atoms with van der Waals surface area (Å²) in [7, 11) is 1.81. The second kappa shape index (κ2) is 8.11. The van der Waals surface area contributed by atoms with Crippen LogP contribution in [-0.4, -0.2) is 24.7 Å². The number of benzene rings is 1. The summed E-state index contributed by atoms with van der Waals surface area (Å²) in [5, 5.41) is 6.11. The zero-order valence-electron chi connectivity index (χ0n) is 13.3. The fourth-order valence-corrected chi connectivity index (χ4v) is 2.85. The standard InChI is InChI=1S/C18H26N2O/c1-4-7-17(21-3)18(20-11-5-2)15-9-6-8-14-10-12-19-13-16(14)15/h6,8-10,12-13,17-18,20H,4-5,7,11H2,1-3H3. The summed E-state index contributed by atoms with van der Waals surface area (Å²) in [6.07, 6.45) is 7.28.